The molecule has 0 aliphatic carbocycles. The van der Waals surface area contributed by atoms with Gasteiger partial charge in [0.25, 0.3) is 0 Å². The van der Waals surface area contributed by atoms with E-state index in [0.29, 0.717) is 31.0 Å². The Morgan fingerprint density at radius 1 is 1.28 bits per heavy atom. The molecule has 0 bridgehead atoms. The number of rotatable bonds is 5. The van der Waals surface area contributed by atoms with Crippen LogP contribution < -0.4 is 15.0 Å². The van der Waals surface area contributed by atoms with Crippen molar-refractivity contribution < 1.29 is 19.4 Å². The number of nitrogens with zero attached hydrogens (tertiary/aromatic N) is 3. The van der Waals surface area contributed by atoms with Gasteiger partial charge in [0.2, 0.25) is 0 Å². The molecule has 0 radical (unpaired) electrons. The highest BCUT2D eigenvalue weighted by molar-refractivity contribution is 5.95. The van der Waals surface area contributed by atoms with Crippen molar-refractivity contribution in [1.29, 1.82) is 0 Å². The highest BCUT2D eigenvalue weighted by atomic mass is 16.5. The normalized spacial score (nSPS) is 13.9. The molecule has 1 aromatic heterocycles. The number of carbonyl (C=O) groups is 2. The Balaban J connectivity index is 1.69. The average molecular weight is 342 g/mol. The Bertz CT molecular complexity index is 778. The van der Waals surface area contributed by atoms with Crippen molar-refractivity contribution in [2.75, 3.05) is 30.4 Å². The monoisotopic (exact) mass is 342 g/mol. The third-order valence-electron chi connectivity index (χ3n) is 3.91. The second-order valence-electron chi connectivity index (χ2n) is 5.57. The first-order valence-electron chi connectivity index (χ1n) is 7.71. The number of hydrogen-bond acceptors (Lipinski definition) is 4. The second-order valence-corrected chi connectivity index (χ2v) is 5.57. The first kappa shape index (κ1) is 16.6. The van der Waals surface area contributed by atoms with E-state index in [1.165, 1.54) is 6.20 Å². The van der Waals surface area contributed by atoms with Gasteiger partial charge in [0.15, 0.2) is 0 Å². The number of aromatic nitrogens is 1. The van der Waals surface area contributed by atoms with Crippen LogP contribution >= 0.6 is 0 Å². The van der Waals surface area contributed by atoms with E-state index in [4.69, 9.17) is 9.84 Å². The zero-order chi connectivity index (χ0) is 17.8. The first-order valence-corrected chi connectivity index (χ1v) is 7.71. The third kappa shape index (κ3) is 3.79. The molecule has 25 heavy (non-hydrogen) atoms. The average Bonchev–Trinajstić information content (AvgIpc) is 2.96. The van der Waals surface area contributed by atoms with Gasteiger partial charge >= 0.3 is 12.1 Å². The lowest BCUT2D eigenvalue weighted by atomic mass is 10.2. The van der Waals surface area contributed by atoms with E-state index in [0.717, 1.165) is 11.3 Å². The van der Waals surface area contributed by atoms with Crippen molar-refractivity contribution in [3.63, 3.8) is 0 Å². The van der Waals surface area contributed by atoms with E-state index in [1.54, 1.807) is 29.2 Å². The van der Waals surface area contributed by atoms with E-state index in [1.807, 2.05) is 24.3 Å². The van der Waals surface area contributed by atoms with E-state index < -0.39 is 6.09 Å². The minimum Gasteiger partial charge on any atom is -0.497 e. The fourth-order valence-electron chi connectivity index (χ4n) is 2.69. The van der Waals surface area contributed by atoms with Gasteiger partial charge < -0.3 is 14.7 Å². The van der Waals surface area contributed by atoms with Crippen molar-refractivity contribution in [3.8, 4) is 5.75 Å². The van der Waals surface area contributed by atoms with Gasteiger partial charge in [0.05, 0.1) is 30.9 Å². The molecule has 130 valence electrons. The minimum absolute atomic E-state index is 0.134. The number of benzene rings is 1. The van der Waals surface area contributed by atoms with E-state index >= 15 is 0 Å². The summed E-state index contributed by atoms with van der Waals surface area (Å²) in [6.07, 6.45) is 1.77. The van der Waals surface area contributed by atoms with Gasteiger partial charge in [-0.15, -0.1) is 0 Å². The van der Waals surface area contributed by atoms with Gasteiger partial charge in [-0.05, 0) is 23.8 Å². The van der Waals surface area contributed by atoms with Crippen LogP contribution in [0.5, 0.6) is 5.75 Å². The summed E-state index contributed by atoms with van der Waals surface area (Å²) in [5.74, 6) is 0.770. The maximum absolute atomic E-state index is 12.6. The Morgan fingerprint density at radius 3 is 2.72 bits per heavy atom. The Morgan fingerprint density at radius 2 is 2.04 bits per heavy atom. The molecule has 1 fully saturated rings. The number of urea groups is 1. The number of pyridine rings is 1. The molecular formula is C17H18N4O4. The SMILES string of the molecule is COc1ccc(CN2CCN(c3cncc(NC(=O)O)c3)C2=O)cc1. The predicted molar refractivity (Wildman–Crippen MR) is 92.0 cm³/mol. The van der Waals surface area contributed by atoms with Gasteiger partial charge in [-0.3, -0.25) is 15.2 Å². The van der Waals surface area contributed by atoms with Crippen LogP contribution in [0.2, 0.25) is 0 Å². The largest absolute Gasteiger partial charge is 0.497 e. The molecule has 2 aromatic rings. The van der Waals surface area contributed by atoms with Crippen molar-refractivity contribution >= 4 is 23.5 Å². The first-order chi connectivity index (χ1) is 12.1. The number of amides is 3. The lowest BCUT2D eigenvalue weighted by Gasteiger charge is -2.19. The molecule has 8 heteroatoms. The number of nitrogens with one attached hydrogen (secondary N) is 1. The summed E-state index contributed by atoms with van der Waals surface area (Å²) in [4.78, 5) is 30.7. The molecule has 1 saturated heterocycles. The van der Waals surface area contributed by atoms with Crippen molar-refractivity contribution in [3.05, 3.63) is 48.3 Å². The molecule has 1 aliphatic heterocycles. The van der Waals surface area contributed by atoms with E-state index in [9.17, 15) is 9.59 Å². The summed E-state index contributed by atoms with van der Waals surface area (Å²) in [5, 5.41) is 11.0. The van der Waals surface area contributed by atoms with Gasteiger partial charge in [-0.1, -0.05) is 12.1 Å². The smallest absolute Gasteiger partial charge is 0.409 e. The summed E-state index contributed by atoms with van der Waals surface area (Å²) in [5.41, 5.74) is 1.90. The molecule has 0 saturated carbocycles. The van der Waals surface area contributed by atoms with Crippen LogP contribution in [0, 0.1) is 0 Å². The zero-order valence-corrected chi connectivity index (χ0v) is 13.7. The maximum atomic E-state index is 12.6. The van der Waals surface area contributed by atoms with Gasteiger partial charge in [-0.2, -0.15) is 0 Å². The summed E-state index contributed by atoms with van der Waals surface area (Å²) < 4.78 is 5.13. The molecule has 8 nitrogen and oxygen atoms in total. The van der Waals surface area contributed by atoms with Crippen LogP contribution in [-0.4, -0.2) is 47.3 Å². The van der Waals surface area contributed by atoms with Crippen molar-refractivity contribution in [1.82, 2.24) is 9.88 Å². The zero-order valence-electron chi connectivity index (χ0n) is 13.7. The Hall–Kier alpha value is -3.29. The summed E-state index contributed by atoms with van der Waals surface area (Å²) in [6, 6.07) is 9.03. The fourth-order valence-corrected chi connectivity index (χ4v) is 2.69. The molecule has 3 rings (SSSR count). The van der Waals surface area contributed by atoms with E-state index in [-0.39, 0.29) is 6.03 Å². The summed E-state index contributed by atoms with van der Waals surface area (Å²) >= 11 is 0. The molecule has 3 amide bonds. The minimum atomic E-state index is -1.17. The molecule has 0 atom stereocenters. The molecular weight excluding hydrogens is 324 g/mol. The van der Waals surface area contributed by atoms with Crippen LogP contribution in [0.3, 0.4) is 0 Å². The highest BCUT2D eigenvalue weighted by Gasteiger charge is 2.29. The number of carboxylic acid groups (broad SMARTS) is 1. The van der Waals surface area contributed by atoms with Crippen LogP contribution in [0.15, 0.2) is 42.7 Å². The number of carbonyl (C=O) groups excluding carboxylic acids is 1. The lowest BCUT2D eigenvalue weighted by Crippen LogP contribution is -2.31. The van der Waals surface area contributed by atoms with Crippen LogP contribution in [0.1, 0.15) is 5.56 Å². The predicted octanol–water partition coefficient (Wildman–Crippen LogP) is 2.62. The fraction of sp³-hybridized carbons (Fsp3) is 0.235. The third-order valence-corrected chi connectivity index (χ3v) is 3.91. The highest BCUT2D eigenvalue weighted by Crippen LogP contribution is 2.24. The number of ether oxygens (including phenoxy) is 1. The van der Waals surface area contributed by atoms with Crippen molar-refractivity contribution in [2.45, 2.75) is 6.54 Å². The lowest BCUT2D eigenvalue weighted by molar-refractivity contribution is 0.209. The number of anilines is 2. The molecule has 2 N–H and O–H groups in total. The summed E-state index contributed by atoms with van der Waals surface area (Å²) in [6.45, 7) is 1.61. The molecule has 1 aromatic carbocycles. The van der Waals surface area contributed by atoms with Crippen LogP contribution in [-0.2, 0) is 6.54 Å². The van der Waals surface area contributed by atoms with Gasteiger partial charge in [-0.25, -0.2) is 9.59 Å². The van der Waals surface area contributed by atoms with Crippen LogP contribution in [0.25, 0.3) is 0 Å². The molecule has 0 spiro atoms. The molecule has 2 heterocycles. The molecule has 0 unspecified atom stereocenters. The van der Waals surface area contributed by atoms with Crippen LogP contribution in [0.4, 0.5) is 21.0 Å². The Kier molecular flexibility index (Phi) is 4.69. The van der Waals surface area contributed by atoms with Crippen molar-refractivity contribution in [2.24, 2.45) is 0 Å². The quantitative estimate of drug-likeness (QED) is 0.871. The standard InChI is InChI=1S/C17H18N4O4/c1-25-15-4-2-12(3-5-15)11-20-6-7-21(17(20)24)14-8-13(9-18-10-14)19-16(22)23/h2-5,8-10,19H,6-7,11H2,1H3,(H,22,23). The van der Waals surface area contributed by atoms with Gasteiger partial charge in [0, 0.05) is 19.6 Å². The number of hydrogen-bond donors (Lipinski definition) is 2. The molecule has 1 aliphatic rings. The summed E-state index contributed by atoms with van der Waals surface area (Å²) in [7, 11) is 1.61. The van der Waals surface area contributed by atoms with Gasteiger partial charge in [0.1, 0.15) is 5.75 Å². The van der Waals surface area contributed by atoms with E-state index in [2.05, 4.69) is 10.3 Å². The Labute approximate surface area is 144 Å². The number of methoxy groups -OCH3 is 1. The second kappa shape index (κ2) is 7.08. The topological polar surface area (TPSA) is 95.0 Å². The maximum Gasteiger partial charge on any atom is 0.409 e.